The molecule has 2 rings (SSSR count). The van der Waals surface area contributed by atoms with Crippen LogP contribution in [0, 0.1) is 0 Å². The molecule has 1 aromatic rings. The van der Waals surface area contributed by atoms with Gasteiger partial charge >= 0.3 is 0 Å². The number of hydrogen-bond donors (Lipinski definition) is 0. The Morgan fingerprint density at radius 1 is 0.459 bits per heavy atom. The molecule has 1 atom stereocenters. The Bertz CT molecular complexity index is 640. The maximum Gasteiger partial charge on any atom is 0.105 e. The molecule has 0 saturated heterocycles. The second-order valence-corrected chi connectivity index (χ2v) is 11.7. The third-order valence-corrected chi connectivity index (χ3v) is 8.27. The summed E-state index contributed by atoms with van der Waals surface area (Å²) < 4.78 is 0. The fourth-order valence-corrected chi connectivity index (χ4v) is 5.81. The van der Waals surface area contributed by atoms with Crippen molar-refractivity contribution in [3.63, 3.8) is 0 Å². The molecule has 0 fully saturated rings. The van der Waals surface area contributed by atoms with Crippen molar-refractivity contribution in [2.24, 2.45) is 0 Å². The summed E-state index contributed by atoms with van der Waals surface area (Å²) in [6.07, 6.45) is 36.1. The molecule has 0 bridgehead atoms. The van der Waals surface area contributed by atoms with E-state index in [0.717, 1.165) is 6.42 Å². The Kier molecular flexibility index (Phi) is 19.4. The summed E-state index contributed by atoms with van der Waals surface area (Å²) in [5.74, 6) is 0. The van der Waals surface area contributed by atoms with Gasteiger partial charge in [0.15, 0.2) is 0 Å². The van der Waals surface area contributed by atoms with Crippen LogP contribution in [0.4, 0.5) is 0 Å². The summed E-state index contributed by atoms with van der Waals surface area (Å²) in [4.78, 5) is 5.26. The third-order valence-electron chi connectivity index (χ3n) is 8.27. The molecule has 0 spiro atoms. The average Bonchev–Trinajstić information content (AvgIpc) is 3.29. The topological polar surface area (TPSA) is 6.48 Å². The smallest absolute Gasteiger partial charge is 0.105 e. The number of nitrogens with zero attached hydrogens (tertiary/aromatic N) is 2. The highest BCUT2D eigenvalue weighted by Crippen LogP contribution is 2.22. The molecule has 0 N–H and O–H groups in total. The van der Waals surface area contributed by atoms with Crippen LogP contribution in [-0.2, 0) is 6.42 Å². The molecule has 1 aliphatic heterocycles. The minimum atomic E-state index is 0.504. The van der Waals surface area contributed by atoms with Crippen LogP contribution < -0.4 is 0 Å². The Morgan fingerprint density at radius 3 is 1.19 bits per heavy atom. The van der Waals surface area contributed by atoms with Crippen LogP contribution in [0.3, 0.4) is 0 Å². The molecule has 2 heteroatoms. The van der Waals surface area contributed by atoms with Gasteiger partial charge in [-0.1, -0.05) is 166 Å². The zero-order valence-corrected chi connectivity index (χ0v) is 25.0. The lowest BCUT2D eigenvalue weighted by Gasteiger charge is -2.33. The highest BCUT2D eigenvalue weighted by atomic mass is 15.4. The van der Waals surface area contributed by atoms with Crippen molar-refractivity contribution < 1.29 is 0 Å². The second kappa shape index (κ2) is 22.5. The Balaban J connectivity index is 1.57. The first-order valence-electron chi connectivity index (χ1n) is 16.6. The van der Waals surface area contributed by atoms with Gasteiger partial charge in [0.05, 0.1) is 0 Å². The lowest BCUT2D eigenvalue weighted by molar-refractivity contribution is 0.148. The first kappa shape index (κ1) is 31.8. The summed E-state index contributed by atoms with van der Waals surface area (Å²) in [5.41, 5.74) is 1.46. The fraction of sp³-hybridized carbons (Fsp3) is 0.771. The summed E-state index contributed by atoms with van der Waals surface area (Å²) >= 11 is 0. The maximum atomic E-state index is 2.63. The van der Waals surface area contributed by atoms with Gasteiger partial charge in [-0.15, -0.1) is 0 Å². The molecular formula is C35H62N2. The Labute approximate surface area is 232 Å². The Morgan fingerprint density at radius 2 is 0.811 bits per heavy atom. The van der Waals surface area contributed by atoms with Crippen LogP contribution in [0.5, 0.6) is 0 Å². The van der Waals surface area contributed by atoms with E-state index in [2.05, 4.69) is 66.4 Å². The van der Waals surface area contributed by atoms with Gasteiger partial charge in [0.1, 0.15) is 6.17 Å². The molecule has 0 saturated carbocycles. The lowest BCUT2D eigenvalue weighted by atomic mass is 10.0. The predicted molar refractivity (Wildman–Crippen MR) is 165 cm³/mol. The second-order valence-electron chi connectivity index (χ2n) is 11.7. The van der Waals surface area contributed by atoms with E-state index >= 15 is 0 Å². The zero-order valence-electron chi connectivity index (χ0n) is 25.0. The van der Waals surface area contributed by atoms with Crippen molar-refractivity contribution in [2.45, 2.75) is 161 Å². The molecule has 1 aliphatic rings. The van der Waals surface area contributed by atoms with Crippen LogP contribution in [0.2, 0.25) is 0 Å². The van der Waals surface area contributed by atoms with Gasteiger partial charge in [-0.2, -0.15) is 0 Å². The fourth-order valence-electron chi connectivity index (χ4n) is 5.81. The summed E-state index contributed by atoms with van der Waals surface area (Å²) in [5, 5.41) is 0. The summed E-state index contributed by atoms with van der Waals surface area (Å²) in [7, 11) is 0. The van der Waals surface area contributed by atoms with Gasteiger partial charge in [0.25, 0.3) is 0 Å². The number of hydrogen-bond acceptors (Lipinski definition) is 2. The molecule has 0 aromatic heterocycles. The number of unbranched alkanes of at least 4 members (excludes halogenated alkanes) is 19. The zero-order chi connectivity index (χ0) is 26.2. The number of rotatable bonds is 25. The van der Waals surface area contributed by atoms with E-state index in [-0.39, 0.29) is 0 Å². The molecule has 0 radical (unpaired) electrons. The van der Waals surface area contributed by atoms with Crippen LogP contribution in [0.25, 0.3) is 0 Å². The van der Waals surface area contributed by atoms with Gasteiger partial charge in [-0.3, -0.25) is 0 Å². The van der Waals surface area contributed by atoms with Crippen LogP contribution in [0.1, 0.15) is 154 Å². The van der Waals surface area contributed by atoms with Gasteiger partial charge < -0.3 is 9.80 Å². The molecule has 0 amide bonds. The standard InChI is InChI=1S/C35H62N2/c1-3-5-7-9-11-12-13-14-15-16-17-19-21-26-30-37-32-31-36(29-25-20-18-10-8-6-4-2)35(37)33-34-27-23-22-24-28-34/h22-24,27-28,31-32,35H,3-21,25-26,29-30,33H2,1-2H3. The predicted octanol–water partition coefficient (Wildman–Crippen LogP) is 10.9. The van der Waals surface area contributed by atoms with Gasteiger partial charge in [0, 0.05) is 31.9 Å². The number of benzene rings is 1. The highest BCUT2D eigenvalue weighted by Gasteiger charge is 2.25. The van der Waals surface area contributed by atoms with Crippen molar-refractivity contribution in [1.82, 2.24) is 9.80 Å². The molecule has 0 aliphatic carbocycles. The molecule has 2 nitrogen and oxygen atoms in total. The van der Waals surface area contributed by atoms with E-state index in [4.69, 9.17) is 0 Å². The van der Waals surface area contributed by atoms with E-state index in [9.17, 15) is 0 Å². The molecule has 1 heterocycles. The first-order valence-corrected chi connectivity index (χ1v) is 16.6. The minimum absolute atomic E-state index is 0.504. The van der Waals surface area contributed by atoms with Gasteiger partial charge in [0.2, 0.25) is 0 Å². The largest absolute Gasteiger partial charge is 0.356 e. The summed E-state index contributed by atoms with van der Waals surface area (Å²) in [6, 6.07) is 11.1. The third kappa shape index (κ3) is 15.5. The van der Waals surface area contributed by atoms with E-state index in [1.54, 1.807) is 0 Å². The normalized spacial score (nSPS) is 15.2. The van der Waals surface area contributed by atoms with Crippen molar-refractivity contribution in [3.8, 4) is 0 Å². The molecule has 1 unspecified atom stereocenters. The van der Waals surface area contributed by atoms with Crippen LogP contribution in [0.15, 0.2) is 42.7 Å². The van der Waals surface area contributed by atoms with Crippen LogP contribution >= 0.6 is 0 Å². The first-order chi connectivity index (χ1) is 18.3. The maximum absolute atomic E-state index is 2.63. The molecule has 212 valence electrons. The van der Waals surface area contributed by atoms with Crippen molar-refractivity contribution in [3.05, 3.63) is 48.3 Å². The average molecular weight is 511 g/mol. The van der Waals surface area contributed by atoms with E-state index < -0.39 is 0 Å². The highest BCUT2D eigenvalue weighted by molar-refractivity contribution is 5.17. The van der Waals surface area contributed by atoms with Crippen LogP contribution in [-0.4, -0.2) is 29.1 Å². The monoisotopic (exact) mass is 510 g/mol. The minimum Gasteiger partial charge on any atom is -0.356 e. The van der Waals surface area contributed by atoms with E-state index in [1.807, 2.05) is 0 Å². The van der Waals surface area contributed by atoms with Gasteiger partial charge in [-0.05, 0) is 18.4 Å². The van der Waals surface area contributed by atoms with E-state index in [1.165, 1.54) is 153 Å². The van der Waals surface area contributed by atoms with Crippen molar-refractivity contribution in [1.29, 1.82) is 0 Å². The molecule has 1 aromatic carbocycles. The quantitative estimate of drug-likeness (QED) is 0.121. The SMILES string of the molecule is CCCCCCCCCCCCCCCCN1C=CN(CCCCCCCCC)C1Cc1ccccc1. The van der Waals surface area contributed by atoms with Gasteiger partial charge in [-0.25, -0.2) is 0 Å². The lowest BCUT2D eigenvalue weighted by Crippen LogP contribution is -2.41. The van der Waals surface area contributed by atoms with Crippen molar-refractivity contribution >= 4 is 0 Å². The molecular weight excluding hydrogens is 448 g/mol. The molecule has 37 heavy (non-hydrogen) atoms. The van der Waals surface area contributed by atoms with E-state index in [0.29, 0.717) is 6.17 Å². The summed E-state index contributed by atoms with van der Waals surface area (Å²) in [6.45, 7) is 7.02. The Hall–Kier alpha value is -1.44. The van der Waals surface area contributed by atoms with Crippen molar-refractivity contribution in [2.75, 3.05) is 13.1 Å².